The second-order valence-corrected chi connectivity index (χ2v) is 7.77. The third-order valence-corrected chi connectivity index (χ3v) is 4.80. The number of halogens is 1. The molecule has 1 aromatic carbocycles. The lowest BCUT2D eigenvalue weighted by molar-refractivity contribution is 0.0387. The van der Waals surface area contributed by atoms with E-state index in [2.05, 4.69) is 10.3 Å². The van der Waals surface area contributed by atoms with Crippen LogP contribution in [0.1, 0.15) is 51.5 Å². The normalized spacial score (nSPS) is 11.4. The molecule has 0 radical (unpaired) electrons. The Hall–Kier alpha value is -2.31. The van der Waals surface area contributed by atoms with E-state index < -0.39 is 11.5 Å². The van der Waals surface area contributed by atoms with Crippen LogP contribution in [0.25, 0.3) is 0 Å². The third kappa shape index (κ3) is 5.36. The van der Waals surface area contributed by atoms with E-state index in [-0.39, 0.29) is 12.5 Å². The molecule has 1 amide bonds. The molecule has 0 fully saturated rings. The van der Waals surface area contributed by atoms with Crippen LogP contribution in [-0.4, -0.2) is 42.7 Å². The van der Waals surface area contributed by atoms with E-state index in [0.717, 1.165) is 5.56 Å². The van der Waals surface area contributed by atoms with Gasteiger partial charge in [-0.2, -0.15) is 0 Å². The minimum absolute atomic E-state index is 0.159. The number of rotatable bonds is 8. The SMILES string of the molecule is COCCOC(=O)c1c(C)[nH]c(C(=O)NC(C)(C)Cc2ccccc2Cl)c1C. The number of carbonyl (C=O) groups is 2. The molecule has 0 unspecified atom stereocenters. The molecular formula is C21H27ClN2O4. The van der Waals surface area contributed by atoms with Gasteiger partial charge in [-0.05, 0) is 51.3 Å². The van der Waals surface area contributed by atoms with Gasteiger partial charge in [-0.15, -0.1) is 0 Å². The number of hydrogen-bond acceptors (Lipinski definition) is 4. The topological polar surface area (TPSA) is 80.4 Å². The van der Waals surface area contributed by atoms with Gasteiger partial charge in [0, 0.05) is 23.4 Å². The number of aromatic amines is 1. The molecule has 1 aromatic heterocycles. The Bertz CT molecular complexity index is 858. The summed E-state index contributed by atoms with van der Waals surface area (Å²) in [5, 5.41) is 3.68. The average molecular weight is 407 g/mol. The maximum atomic E-state index is 12.9. The number of carbonyl (C=O) groups excluding carboxylic acids is 2. The smallest absolute Gasteiger partial charge is 0.340 e. The average Bonchev–Trinajstić information content (AvgIpc) is 2.91. The summed E-state index contributed by atoms with van der Waals surface area (Å²) in [6, 6.07) is 7.55. The van der Waals surface area contributed by atoms with Crippen molar-refractivity contribution in [2.75, 3.05) is 20.3 Å². The lowest BCUT2D eigenvalue weighted by atomic mass is 9.94. The molecule has 0 saturated carbocycles. The van der Waals surface area contributed by atoms with Crippen LogP contribution < -0.4 is 5.32 Å². The van der Waals surface area contributed by atoms with Gasteiger partial charge in [-0.25, -0.2) is 4.79 Å². The molecule has 0 saturated heterocycles. The number of esters is 1. The highest BCUT2D eigenvalue weighted by atomic mass is 35.5. The summed E-state index contributed by atoms with van der Waals surface area (Å²) in [7, 11) is 1.54. The predicted molar refractivity (Wildman–Crippen MR) is 109 cm³/mol. The second-order valence-electron chi connectivity index (χ2n) is 7.36. The Labute approximate surface area is 170 Å². The Balaban J connectivity index is 2.14. The van der Waals surface area contributed by atoms with Crippen molar-refractivity contribution in [1.82, 2.24) is 10.3 Å². The molecule has 152 valence electrons. The Morgan fingerprint density at radius 1 is 1.18 bits per heavy atom. The fraction of sp³-hybridized carbons (Fsp3) is 0.429. The number of hydrogen-bond donors (Lipinski definition) is 2. The van der Waals surface area contributed by atoms with E-state index in [1.54, 1.807) is 13.8 Å². The largest absolute Gasteiger partial charge is 0.460 e. The first-order valence-corrected chi connectivity index (χ1v) is 9.45. The van der Waals surface area contributed by atoms with Gasteiger partial charge in [0.25, 0.3) is 5.91 Å². The zero-order chi connectivity index (χ0) is 20.9. The number of nitrogens with one attached hydrogen (secondary N) is 2. The molecule has 0 atom stereocenters. The minimum Gasteiger partial charge on any atom is -0.460 e. The van der Waals surface area contributed by atoms with Gasteiger partial charge in [0.1, 0.15) is 12.3 Å². The molecule has 28 heavy (non-hydrogen) atoms. The molecule has 0 aliphatic carbocycles. The predicted octanol–water partition coefficient (Wildman–Crippen LogP) is 3.84. The van der Waals surface area contributed by atoms with Crippen molar-refractivity contribution < 1.29 is 19.1 Å². The van der Waals surface area contributed by atoms with E-state index in [1.807, 2.05) is 38.1 Å². The highest BCUT2D eigenvalue weighted by molar-refractivity contribution is 6.31. The van der Waals surface area contributed by atoms with E-state index in [1.165, 1.54) is 7.11 Å². The zero-order valence-corrected chi connectivity index (χ0v) is 17.7. The van der Waals surface area contributed by atoms with Crippen molar-refractivity contribution in [2.24, 2.45) is 0 Å². The van der Waals surface area contributed by atoms with E-state index >= 15 is 0 Å². The maximum Gasteiger partial charge on any atom is 0.340 e. The lowest BCUT2D eigenvalue weighted by Gasteiger charge is -2.27. The molecule has 0 aliphatic rings. The van der Waals surface area contributed by atoms with Gasteiger partial charge in [0.05, 0.1) is 12.2 Å². The first-order chi connectivity index (χ1) is 13.2. The first kappa shape index (κ1) is 22.0. The van der Waals surface area contributed by atoms with Gasteiger partial charge in [0.15, 0.2) is 0 Å². The minimum atomic E-state index is -0.535. The third-order valence-electron chi connectivity index (χ3n) is 4.43. The second kappa shape index (κ2) is 9.26. The fourth-order valence-electron chi connectivity index (χ4n) is 3.11. The maximum absolute atomic E-state index is 12.9. The number of H-pyrrole nitrogens is 1. The van der Waals surface area contributed by atoms with E-state index in [9.17, 15) is 9.59 Å². The summed E-state index contributed by atoms with van der Waals surface area (Å²) in [5.74, 6) is -0.758. The van der Waals surface area contributed by atoms with Crippen LogP contribution in [0, 0.1) is 13.8 Å². The molecule has 0 bridgehead atoms. The summed E-state index contributed by atoms with van der Waals surface area (Å²) >= 11 is 6.24. The molecule has 2 aromatic rings. The highest BCUT2D eigenvalue weighted by Crippen LogP contribution is 2.23. The summed E-state index contributed by atoms with van der Waals surface area (Å²) in [5.41, 5.74) is 2.30. The van der Waals surface area contributed by atoms with Crippen LogP contribution in [0.4, 0.5) is 0 Å². The summed E-state index contributed by atoms with van der Waals surface area (Å²) in [6.45, 7) is 7.81. The molecule has 0 aliphatic heterocycles. The van der Waals surface area contributed by atoms with Crippen LogP contribution in [0.5, 0.6) is 0 Å². The molecule has 6 nitrogen and oxygen atoms in total. The van der Waals surface area contributed by atoms with Crippen LogP contribution in [0.2, 0.25) is 5.02 Å². The molecule has 1 heterocycles. The quantitative estimate of drug-likeness (QED) is 0.515. The van der Waals surface area contributed by atoms with Crippen LogP contribution >= 0.6 is 11.6 Å². The van der Waals surface area contributed by atoms with Crippen LogP contribution in [0.3, 0.4) is 0 Å². The zero-order valence-electron chi connectivity index (χ0n) is 16.9. The summed E-state index contributed by atoms with van der Waals surface area (Å²) < 4.78 is 10.1. The Kier molecular flexibility index (Phi) is 7.27. The van der Waals surface area contributed by atoms with Gasteiger partial charge < -0.3 is 19.8 Å². The number of amides is 1. The number of aryl methyl sites for hydroxylation is 1. The number of aromatic nitrogens is 1. The highest BCUT2D eigenvalue weighted by Gasteiger charge is 2.27. The summed E-state index contributed by atoms with van der Waals surface area (Å²) in [4.78, 5) is 28.2. The van der Waals surface area contributed by atoms with Gasteiger partial charge in [-0.1, -0.05) is 29.8 Å². The Morgan fingerprint density at radius 2 is 1.86 bits per heavy atom. The van der Waals surface area contributed by atoms with E-state index in [0.29, 0.717) is 40.6 Å². The molecule has 0 spiro atoms. The molecule has 7 heteroatoms. The number of methoxy groups -OCH3 is 1. The molecule has 2 rings (SSSR count). The first-order valence-electron chi connectivity index (χ1n) is 9.07. The Morgan fingerprint density at radius 3 is 2.50 bits per heavy atom. The van der Waals surface area contributed by atoms with Crippen LogP contribution in [0.15, 0.2) is 24.3 Å². The number of ether oxygens (including phenoxy) is 2. The van der Waals surface area contributed by atoms with Crippen molar-refractivity contribution >= 4 is 23.5 Å². The van der Waals surface area contributed by atoms with Crippen molar-refractivity contribution in [3.8, 4) is 0 Å². The van der Waals surface area contributed by atoms with Crippen molar-refractivity contribution in [1.29, 1.82) is 0 Å². The van der Waals surface area contributed by atoms with Crippen molar-refractivity contribution in [3.63, 3.8) is 0 Å². The summed E-state index contributed by atoms with van der Waals surface area (Å²) in [6.07, 6.45) is 0.572. The number of benzene rings is 1. The molecule has 2 N–H and O–H groups in total. The monoisotopic (exact) mass is 406 g/mol. The standard InChI is InChI=1S/C21H27ClN2O4/c1-13-17(20(26)28-11-10-27-5)14(2)23-18(13)19(25)24-21(3,4)12-15-8-6-7-9-16(15)22/h6-9,23H,10-12H2,1-5H3,(H,24,25). The van der Waals surface area contributed by atoms with Crippen molar-refractivity contribution in [3.05, 3.63) is 57.4 Å². The van der Waals surface area contributed by atoms with Gasteiger partial charge in [-0.3, -0.25) is 4.79 Å². The van der Waals surface area contributed by atoms with Crippen molar-refractivity contribution in [2.45, 2.75) is 39.7 Å². The van der Waals surface area contributed by atoms with Crippen LogP contribution in [-0.2, 0) is 15.9 Å². The van der Waals surface area contributed by atoms with E-state index in [4.69, 9.17) is 21.1 Å². The van der Waals surface area contributed by atoms with Gasteiger partial charge >= 0.3 is 5.97 Å². The lowest BCUT2D eigenvalue weighted by Crippen LogP contribution is -2.45. The van der Waals surface area contributed by atoms with Gasteiger partial charge in [0.2, 0.25) is 0 Å². The molecular weight excluding hydrogens is 380 g/mol. The fourth-order valence-corrected chi connectivity index (χ4v) is 3.31.